The Kier molecular flexibility index (Phi) is 2.10. The van der Waals surface area contributed by atoms with Crippen molar-refractivity contribution >= 4 is 0 Å². The summed E-state index contributed by atoms with van der Waals surface area (Å²) in [6, 6.07) is 1.46. The molecule has 1 aliphatic heterocycles. The van der Waals surface area contributed by atoms with Crippen LogP contribution in [0.15, 0.2) is 12.3 Å². The van der Waals surface area contributed by atoms with Gasteiger partial charge in [0.2, 0.25) is 0 Å². The Morgan fingerprint density at radius 1 is 1.77 bits per heavy atom. The van der Waals surface area contributed by atoms with Crippen LogP contribution in [0.2, 0.25) is 0 Å². The summed E-state index contributed by atoms with van der Waals surface area (Å²) in [4.78, 5) is 2.13. The molecule has 0 bridgehead atoms. The molecule has 13 heavy (non-hydrogen) atoms. The molecule has 3 nitrogen and oxygen atoms in total. The first kappa shape index (κ1) is 9.39. The molecule has 0 saturated heterocycles. The van der Waals surface area contributed by atoms with Crippen molar-refractivity contribution in [3.8, 4) is 0 Å². The Bertz CT molecular complexity index is 327. The summed E-state index contributed by atoms with van der Waals surface area (Å²) in [7, 11) is 0. The van der Waals surface area contributed by atoms with Crippen LogP contribution in [0.5, 0.6) is 0 Å². The average molecular weight is 296 g/mol. The van der Waals surface area contributed by atoms with Gasteiger partial charge in [-0.3, -0.25) is 0 Å². The molecule has 2 rings (SSSR count). The van der Waals surface area contributed by atoms with Crippen molar-refractivity contribution in [2.75, 3.05) is 4.93 Å². The number of nitrogens with two attached hydrogens (primary N) is 1. The van der Waals surface area contributed by atoms with Crippen molar-refractivity contribution in [3.63, 3.8) is 0 Å². The maximum atomic E-state index is 13.6. The molecular weight excluding hydrogens is 284 g/mol. The number of fused-ring (bicyclic) bond motifs is 1. The molecule has 2 N–H and O–H groups in total. The van der Waals surface area contributed by atoms with Gasteiger partial charge in [0.1, 0.15) is 0 Å². The summed E-state index contributed by atoms with van der Waals surface area (Å²) in [5.41, 5.74) is 6.81. The molecule has 0 aliphatic carbocycles. The predicted octanol–water partition coefficient (Wildman–Crippen LogP) is -2.37. The third-order valence-corrected chi connectivity index (χ3v) is 6.23. The van der Waals surface area contributed by atoms with Gasteiger partial charge in [-0.15, -0.1) is 0 Å². The molecule has 1 aliphatic rings. The van der Waals surface area contributed by atoms with Crippen molar-refractivity contribution in [1.29, 1.82) is 0 Å². The van der Waals surface area contributed by atoms with Crippen molar-refractivity contribution in [1.82, 2.24) is 9.78 Å². The van der Waals surface area contributed by atoms with Crippen LogP contribution in [0, 0.1) is 0 Å². The van der Waals surface area contributed by atoms with E-state index in [1.807, 2.05) is 13.0 Å². The fourth-order valence-corrected chi connectivity index (χ4v) is 3.70. The first-order chi connectivity index (χ1) is 6.11. The number of hydrogen-bond acceptors (Lipinski definition) is 2. The molecule has 5 heteroatoms. The van der Waals surface area contributed by atoms with E-state index < -0.39 is 12.3 Å². The molecule has 1 aromatic heterocycles. The molecule has 0 amide bonds. The van der Waals surface area contributed by atoms with Crippen LogP contribution >= 0.6 is 0 Å². The van der Waals surface area contributed by atoms with Crippen molar-refractivity contribution in [3.05, 3.63) is 18.0 Å². The fraction of sp³-hybridized carbons (Fsp3) is 0.625. The van der Waals surface area contributed by atoms with Gasteiger partial charge in [-0.2, -0.15) is 0 Å². The van der Waals surface area contributed by atoms with Crippen molar-refractivity contribution < 1.29 is 25.6 Å². The monoisotopic (exact) mass is 296 g/mol. The van der Waals surface area contributed by atoms with Crippen LogP contribution < -0.4 is 26.9 Å². The first-order valence-electron chi connectivity index (χ1n) is 4.05. The van der Waals surface area contributed by atoms with E-state index in [1.54, 1.807) is 6.20 Å². The van der Waals surface area contributed by atoms with Crippen LogP contribution in [-0.2, 0) is 3.42 Å². The molecular formula is C8H12FIN3-. The summed E-state index contributed by atoms with van der Waals surface area (Å²) < 4.78 is 14.9. The summed E-state index contributed by atoms with van der Waals surface area (Å²) in [5, 5.41) is 3.95. The number of halogens is 2. The van der Waals surface area contributed by atoms with Crippen molar-refractivity contribution in [2.24, 2.45) is 5.73 Å². The molecule has 0 spiro atoms. The van der Waals surface area contributed by atoms with Gasteiger partial charge >= 0.3 is 86.7 Å². The summed E-state index contributed by atoms with van der Waals surface area (Å²) >= 11 is -0.136. The van der Waals surface area contributed by atoms with Crippen LogP contribution in [0.4, 0.5) is 4.39 Å². The minimum absolute atomic E-state index is 0.136. The number of rotatable bonds is 1. The van der Waals surface area contributed by atoms with E-state index in [2.05, 4.69) is 10.0 Å². The molecule has 0 fully saturated rings. The molecule has 0 radical (unpaired) electrons. The van der Waals surface area contributed by atoms with Gasteiger partial charge in [0.05, 0.1) is 0 Å². The molecule has 2 unspecified atom stereocenters. The second-order valence-electron chi connectivity index (χ2n) is 3.32. The molecule has 3 atom stereocenters. The zero-order chi connectivity index (χ0) is 9.64. The normalized spacial score (nSPS) is 38.2. The van der Waals surface area contributed by atoms with Gasteiger partial charge in [0, 0.05) is 0 Å². The van der Waals surface area contributed by atoms with Gasteiger partial charge in [0.25, 0.3) is 0 Å². The van der Waals surface area contributed by atoms with E-state index in [0.29, 0.717) is 0 Å². The maximum absolute atomic E-state index is 13.6. The Balaban J connectivity index is 2.54. The fourth-order valence-electron chi connectivity index (χ4n) is 1.70. The molecule has 0 saturated carbocycles. The van der Waals surface area contributed by atoms with E-state index in [0.717, 1.165) is 5.69 Å². The van der Waals surface area contributed by atoms with Crippen molar-refractivity contribution in [2.45, 2.75) is 22.7 Å². The van der Waals surface area contributed by atoms with Crippen LogP contribution in [-0.4, -0.2) is 20.8 Å². The number of alkyl halides is 3. The third kappa shape index (κ3) is 1.06. The van der Waals surface area contributed by atoms with Gasteiger partial charge < -0.3 is 0 Å². The topological polar surface area (TPSA) is 43.8 Å². The zero-order valence-electron chi connectivity index (χ0n) is 7.54. The van der Waals surface area contributed by atoms with Crippen LogP contribution in [0.3, 0.4) is 0 Å². The number of nitrogens with zero attached hydrogens (tertiary/aromatic N) is 2. The van der Waals surface area contributed by atoms with Crippen LogP contribution in [0.1, 0.15) is 18.9 Å². The van der Waals surface area contributed by atoms with Gasteiger partial charge in [-0.1, -0.05) is 0 Å². The van der Waals surface area contributed by atoms with E-state index in [9.17, 15) is 4.39 Å². The average Bonchev–Trinajstić information content (AvgIpc) is 2.67. The van der Waals surface area contributed by atoms with E-state index in [4.69, 9.17) is 5.73 Å². The predicted molar refractivity (Wildman–Crippen MR) is 43.6 cm³/mol. The minimum atomic E-state index is -1.14. The summed E-state index contributed by atoms with van der Waals surface area (Å²) in [5.74, 6) is 0. The van der Waals surface area contributed by atoms with Gasteiger partial charge in [-0.25, -0.2) is 0 Å². The SMILES string of the molecule is C[I-]C1(C)c2ccnn2C(F)[C@H]1N. The summed E-state index contributed by atoms with van der Waals surface area (Å²) in [6.45, 7) is 2.04. The second-order valence-corrected chi connectivity index (χ2v) is 6.64. The summed E-state index contributed by atoms with van der Waals surface area (Å²) in [6.07, 6.45) is 0.500. The number of aromatic nitrogens is 2. The van der Waals surface area contributed by atoms with E-state index in [1.165, 1.54) is 4.68 Å². The van der Waals surface area contributed by atoms with Gasteiger partial charge in [0.15, 0.2) is 0 Å². The second kappa shape index (κ2) is 2.91. The quantitative estimate of drug-likeness (QED) is 0.465. The van der Waals surface area contributed by atoms with E-state index >= 15 is 0 Å². The molecule has 1 aromatic rings. The molecule has 2 heterocycles. The number of hydrogen-bond donors (Lipinski definition) is 1. The zero-order valence-corrected chi connectivity index (χ0v) is 9.69. The standard InChI is InChI=1S/C8H12FIN3/c1-8(10-2)5-3-4-12-13(5)7(9)6(8)11/h3-4,6-7H,11H2,1-2H3/q-1/t6-,7?,8?/m1/s1. The first-order valence-corrected chi connectivity index (χ1v) is 7.29. The molecule has 74 valence electrons. The Morgan fingerprint density at radius 3 is 3.08 bits per heavy atom. The van der Waals surface area contributed by atoms with E-state index in [-0.39, 0.29) is 24.6 Å². The third-order valence-electron chi connectivity index (χ3n) is 2.72. The van der Waals surface area contributed by atoms with Gasteiger partial charge in [-0.05, 0) is 0 Å². The molecule has 0 aromatic carbocycles. The Morgan fingerprint density at radius 2 is 2.46 bits per heavy atom. The Labute approximate surface area is 86.7 Å². The Hall–Kier alpha value is -0.170. The van der Waals surface area contributed by atoms with Crippen LogP contribution in [0.25, 0.3) is 0 Å².